The van der Waals surface area contributed by atoms with Crippen molar-refractivity contribution in [3.05, 3.63) is 66.2 Å². The number of benzene rings is 2. The van der Waals surface area contributed by atoms with Crippen LogP contribution in [0.1, 0.15) is 18.9 Å². The number of aryl methyl sites for hydroxylation is 1. The van der Waals surface area contributed by atoms with Gasteiger partial charge in [0.05, 0.1) is 17.9 Å². The second-order valence-electron chi connectivity index (χ2n) is 6.25. The molecule has 0 fully saturated rings. The zero-order valence-electron chi connectivity index (χ0n) is 15.2. The number of aromatic nitrogens is 2. The van der Waals surface area contributed by atoms with Crippen LogP contribution in [-0.2, 0) is 4.79 Å². The van der Waals surface area contributed by atoms with E-state index in [4.69, 9.17) is 5.10 Å². The maximum atomic E-state index is 12.3. The van der Waals surface area contributed by atoms with Crippen LogP contribution in [0, 0.1) is 6.92 Å². The van der Waals surface area contributed by atoms with E-state index < -0.39 is 0 Å². The number of carbonyl (C=O) groups is 1. The van der Waals surface area contributed by atoms with Gasteiger partial charge in [0.25, 0.3) is 0 Å². The summed E-state index contributed by atoms with van der Waals surface area (Å²) < 4.78 is 1.78. The van der Waals surface area contributed by atoms with Gasteiger partial charge in [-0.1, -0.05) is 55.0 Å². The van der Waals surface area contributed by atoms with Crippen LogP contribution >= 0.6 is 0 Å². The summed E-state index contributed by atoms with van der Waals surface area (Å²) in [5, 5.41) is 10.8. The Morgan fingerprint density at radius 1 is 1.08 bits per heavy atom. The molecule has 0 aliphatic rings. The van der Waals surface area contributed by atoms with Crippen molar-refractivity contribution in [1.82, 2.24) is 15.1 Å². The van der Waals surface area contributed by atoms with Gasteiger partial charge in [-0.25, -0.2) is 4.68 Å². The predicted octanol–water partition coefficient (Wildman–Crippen LogP) is 3.79. The van der Waals surface area contributed by atoms with Crippen molar-refractivity contribution >= 4 is 11.7 Å². The molecule has 5 nitrogen and oxygen atoms in total. The van der Waals surface area contributed by atoms with E-state index in [0.717, 1.165) is 29.9 Å². The highest BCUT2D eigenvalue weighted by Gasteiger charge is 2.13. The van der Waals surface area contributed by atoms with Crippen LogP contribution in [0.15, 0.2) is 60.7 Å². The number of rotatable bonds is 7. The first-order valence-corrected chi connectivity index (χ1v) is 8.90. The third-order valence-corrected chi connectivity index (χ3v) is 4.04. The number of carbonyl (C=O) groups excluding carboxylic acids is 1. The number of nitrogens with one attached hydrogen (secondary N) is 2. The van der Waals surface area contributed by atoms with Gasteiger partial charge < -0.3 is 10.6 Å². The maximum Gasteiger partial charge on any atom is 0.239 e. The maximum absolute atomic E-state index is 12.3. The summed E-state index contributed by atoms with van der Waals surface area (Å²) in [4.78, 5) is 12.3. The lowest BCUT2D eigenvalue weighted by Crippen LogP contribution is -2.29. The lowest BCUT2D eigenvalue weighted by atomic mass is 10.1. The Morgan fingerprint density at radius 3 is 2.50 bits per heavy atom. The largest absolute Gasteiger partial charge is 0.309 e. The average molecular weight is 348 g/mol. The van der Waals surface area contributed by atoms with Crippen LogP contribution in [0.5, 0.6) is 0 Å². The number of anilines is 1. The van der Waals surface area contributed by atoms with E-state index in [1.165, 1.54) is 5.56 Å². The van der Waals surface area contributed by atoms with Crippen LogP contribution in [0.4, 0.5) is 5.82 Å². The zero-order chi connectivity index (χ0) is 18.4. The average Bonchev–Trinajstić information content (AvgIpc) is 3.07. The molecule has 1 amide bonds. The standard InChI is InChI=1S/C21H24N4O/c1-3-13-22-15-21(26)23-20-14-19(17-7-5-4-6-8-17)24-25(20)18-11-9-16(2)10-12-18/h4-12,14,22H,3,13,15H2,1-2H3,(H,23,26). The van der Waals surface area contributed by atoms with Gasteiger partial charge in [-0.15, -0.1) is 0 Å². The van der Waals surface area contributed by atoms with E-state index in [1.54, 1.807) is 4.68 Å². The lowest BCUT2D eigenvalue weighted by Gasteiger charge is -2.09. The normalized spacial score (nSPS) is 10.7. The first-order valence-electron chi connectivity index (χ1n) is 8.90. The molecular formula is C21H24N4O. The molecule has 0 aliphatic heterocycles. The molecule has 1 heterocycles. The Balaban J connectivity index is 1.91. The van der Waals surface area contributed by atoms with Gasteiger partial charge in [-0.2, -0.15) is 5.10 Å². The van der Waals surface area contributed by atoms with E-state index in [2.05, 4.69) is 17.6 Å². The van der Waals surface area contributed by atoms with E-state index in [9.17, 15) is 4.79 Å². The predicted molar refractivity (Wildman–Crippen MR) is 106 cm³/mol. The molecule has 0 saturated carbocycles. The molecule has 2 aromatic carbocycles. The second kappa shape index (κ2) is 8.45. The van der Waals surface area contributed by atoms with E-state index in [-0.39, 0.29) is 12.5 Å². The molecule has 0 unspecified atom stereocenters. The molecule has 1 aromatic heterocycles. The number of amides is 1. The zero-order valence-corrected chi connectivity index (χ0v) is 15.2. The van der Waals surface area contributed by atoms with E-state index >= 15 is 0 Å². The van der Waals surface area contributed by atoms with Crippen LogP contribution in [0.2, 0.25) is 0 Å². The molecule has 0 saturated heterocycles. The van der Waals surface area contributed by atoms with Gasteiger partial charge in [-0.05, 0) is 32.0 Å². The van der Waals surface area contributed by atoms with Crippen molar-refractivity contribution in [2.24, 2.45) is 0 Å². The molecule has 134 valence electrons. The number of nitrogens with zero attached hydrogens (tertiary/aromatic N) is 2. The van der Waals surface area contributed by atoms with Crippen LogP contribution in [-0.4, -0.2) is 28.8 Å². The summed E-state index contributed by atoms with van der Waals surface area (Å²) in [6.45, 7) is 5.22. The Bertz CT molecular complexity index is 853. The highest BCUT2D eigenvalue weighted by Crippen LogP contribution is 2.24. The molecule has 5 heteroatoms. The first-order chi connectivity index (χ1) is 12.7. The molecular weight excluding hydrogens is 324 g/mol. The number of hydrogen-bond donors (Lipinski definition) is 2. The van der Waals surface area contributed by atoms with Crippen LogP contribution in [0.25, 0.3) is 16.9 Å². The van der Waals surface area contributed by atoms with Crippen molar-refractivity contribution in [3.8, 4) is 16.9 Å². The third-order valence-electron chi connectivity index (χ3n) is 4.04. The summed E-state index contributed by atoms with van der Waals surface area (Å²) in [5.74, 6) is 0.585. The fraction of sp³-hybridized carbons (Fsp3) is 0.238. The monoisotopic (exact) mass is 348 g/mol. The summed E-state index contributed by atoms with van der Waals surface area (Å²) in [6, 6.07) is 19.9. The van der Waals surface area contributed by atoms with Crippen LogP contribution < -0.4 is 10.6 Å². The second-order valence-corrected chi connectivity index (χ2v) is 6.25. The molecule has 0 spiro atoms. The van der Waals surface area contributed by atoms with E-state index in [0.29, 0.717) is 5.82 Å². The van der Waals surface area contributed by atoms with Gasteiger partial charge in [0.2, 0.25) is 5.91 Å². The summed E-state index contributed by atoms with van der Waals surface area (Å²) in [6.07, 6.45) is 0.993. The highest BCUT2D eigenvalue weighted by atomic mass is 16.2. The molecule has 2 N–H and O–H groups in total. The minimum atomic E-state index is -0.0775. The van der Waals surface area contributed by atoms with Gasteiger partial charge >= 0.3 is 0 Å². The Labute approximate surface area is 154 Å². The summed E-state index contributed by atoms with van der Waals surface area (Å²) in [5.41, 5.74) is 3.93. The van der Waals surface area contributed by atoms with Crippen molar-refractivity contribution in [2.75, 3.05) is 18.4 Å². The van der Waals surface area contributed by atoms with Gasteiger partial charge in [-0.3, -0.25) is 4.79 Å². The smallest absolute Gasteiger partial charge is 0.239 e. The quantitative estimate of drug-likeness (QED) is 0.639. The fourth-order valence-electron chi connectivity index (χ4n) is 2.67. The van der Waals surface area contributed by atoms with Crippen molar-refractivity contribution in [2.45, 2.75) is 20.3 Å². The highest BCUT2D eigenvalue weighted by molar-refractivity contribution is 5.92. The van der Waals surface area contributed by atoms with Crippen molar-refractivity contribution < 1.29 is 4.79 Å². The van der Waals surface area contributed by atoms with Crippen molar-refractivity contribution in [1.29, 1.82) is 0 Å². The molecule has 0 radical (unpaired) electrons. The minimum Gasteiger partial charge on any atom is -0.309 e. The van der Waals surface area contributed by atoms with Gasteiger partial charge in [0, 0.05) is 11.6 Å². The summed E-state index contributed by atoms with van der Waals surface area (Å²) in [7, 11) is 0. The lowest BCUT2D eigenvalue weighted by molar-refractivity contribution is -0.115. The SMILES string of the molecule is CCCNCC(=O)Nc1cc(-c2ccccc2)nn1-c1ccc(C)cc1. The fourth-order valence-corrected chi connectivity index (χ4v) is 2.67. The third kappa shape index (κ3) is 4.37. The topological polar surface area (TPSA) is 59.0 Å². The Kier molecular flexibility index (Phi) is 5.81. The number of hydrogen-bond acceptors (Lipinski definition) is 3. The van der Waals surface area contributed by atoms with Gasteiger partial charge in [0.1, 0.15) is 5.82 Å². The van der Waals surface area contributed by atoms with Crippen molar-refractivity contribution in [3.63, 3.8) is 0 Å². The Hall–Kier alpha value is -2.92. The molecule has 3 rings (SSSR count). The van der Waals surface area contributed by atoms with E-state index in [1.807, 2.05) is 67.6 Å². The summed E-state index contributed by atoms with van der Waals surface area (Å²) >= 11 is 0. The molecule has 26 heavy (non-hydrogen) atoms. The first kappa shape index (κ1) is 17.9. The Morgan fingerprint density at radius 2 is 1.81 bits per heavy atom. The van der Waals surface area contributed by atoms with Gasteiger partial charge in [0.15, 0.2) is 0 Å². The molecule has 3 aromatic rings. The van der Waals surface area contributed by atoms with Crippen LogP contribution in [0.3, 0.4) is 0 Å². The molecule has 0 atom stereocenters. The molecule has 0 aliphatic carbocycles. The minimum absolute atomic E-state index is 0.0775. The molecule has 0 bridgehead atoms.